The van der Waals surface area contributed by atoms with E-state index in [9.17, 15) is 9.59 Å². The molecule has 2 fully saturated rings. The summed E-state index contributed by atoms with van der Waals surface area (Å²) in [5.74, 6) is 0.187. The molecule has 0 aliphatic carbocycles. The summed E-state index contributed by atoms with van der Waals surface area (Å²) in [6.45, 7) is 12.4. The van der Waals surface area contributed by atoms with Crippen LogP contribution in [0.5, 0.6) is 0 Å². The first kappa shape index (κ1) is 21.8. The van der Waals surface area contributed by atoms with Crippen LogP contribution in [0.25, 0.3) is 0 Å². The van der Waals surface area contributed by atoms with Crippen molar-refractivity contribution in [2.24, 2.45) is 0 Å². The molecule has 0 saturated carbocycles. The lowest BCUT2D eigenvalue weighted by Gasteiger charge is -2.39. The highest BCUT2D eigenvalue weighted by Gasteiger charge is 2.29. The fourth-order valence-electron chi connectivity index (χ4n) is 4.34. The first-order chi connectivity index (χ1) is 14.0. The molecule has 3 rings (SSSR count). The molecule has 0 spiro atoms. The summed E-state index contributed by atoms with van der Waals surface area (Å²) in [5, 5.41) is 0. The Kier molecular flexibility index (Phi) is 7.67. The molecule has 1 aromatic rings. The molecule has 2 amide bonds. The second-order valence-corrected chi connectivity index (χ2v) is 8.37. The number of hydrogen-bond acceptors (Lipinski definition) is 4. The predicted octanol–water partition coefficient (Wildman–Crippen LogP) is 2.48. The number of carbonyl (C=O) groups excluding carboxylic acids is 2. The molecule has 0 aromatic heterocycles. The van der Waals surface area contributed by atoms with Crippen LogP contribution in [0.1, 0.15) is 47.7 Å². The summed E-state index contributed by atoms with van der Waals surface area (Å²) in [6, 6.07) is 6.02. The third kappa shape index (κ3) is 5.80. The van der Waals surface area contributed by atoms with Gasteiger partial charge < -0.3 is 14.5 Å². The summed E-state index contributed by atoms with van der Waals surface area (Å²) < 4.78 is 5.40. The average molecular weight is 402 g/mol. The summed E-state index contributed by atoms with van der Waals surface area (Å²) in [4.78, 5) is 31.7. The Hall–Kier alpha value is -1.92. The van der Waals surface area contributed by atoms with Crippen LogP contribution >= 0.6 is 0 Å². The number of carbonyl (C=O) groups is 2. The third-order valence-electron chi connectivity index (χ3n) is 6.26. The Labute approximate surface area is 174 Å². The molecule has 0 bridgehead atoms. The van der Waals surface area contributed by atoms with Gasteiger partial charge in [-0.2, -0.15) is 0 Å². The van der Waals surface area contributed by atoms with Crippen molar-refractivity contribution in [2.75, 3.05) is 52.5 Å². The largest absolute Gasteiger partial charge is 0.379 e. The van der Waals surface area contributed by atoms with Crippen molar-refractivity contribution < 1.29 is 14.3 Å². The summed E-state index contributed by atoms with van der Waals surface area (Å²) in [5.41, 5.74) is 3.08. The number of nitrogens with zero attached hydrogens (tertiary/aromatic N) is 3. The molecule has 2 aliphatic rings. The summed E-state index contributed by atoms with van der Waals surface area (Å²) in [6.07, 6.45) is 2.86. The van der Waals surface area contributed by atoms with Crippen molar-refractivity contribution in [1.29, 1.82) is 0 Å². The van der Waals surface area contributed by atoms with E-state index in [-0.39, 0.29) is 17.9 Å². The molecule has 160 valence electrons. The number of morpholine rings is 1. The minimum Gasteiger partial charge on any atom is -0.379 e. The van der Waals surface area contributed by atoms with E-state index in [1.807, 2.05) is 34.9 Å². The van der Waals surface area contributed by atoms with Crippen LogP contribution in [-0.2, 0) is 9.53 Å². The van der Waals surface area contributed by atoms with Crippen molar-refractivity contribution in [1.82, 2.24) is 14.7 Å². The van der Waals surface area contributed by atoms with Crippen LogP contribution in [-0.4, -0.2) is 85.0 Å². The third-order valence-corrected chi connectivity index (χ3v) is 6.26. The van der Waals surface area contributed by atoms with E-state index < -0.39 is 0 Å². The SMILES string of the molecule is CC(=O)N(CCCN1CCOCC1)C1CCCN(C(=O)c2ccc(C)c(C)c2)C1. The van der Waals surface area contributed by atoms with Gasteiger partial charge in [-0.25, -0.2) is 0 Å². The highest BCUT2D eigenvalue weighted by atomic mass is 16.5. The van der Waals surface area contributed by atoms with Crippen LogP contribution in [0.3, 0.4) is 0 Å². The number of amides is 2. The first-order valence-corrected chi connectivity index (χ1v) is 10.9. The topological polar surface area (TPSA) is 53.1 Å². The molecule has 1 unspecified atom stereocenters. The van der Waals surface area contributed by atoms with Crippen molar-refractivity contribution in [3.63, 3.8) is 0 Å². The molecule has 29 heavy (non-hydrogen) atoms. The quantitative estimate of drug-likeness (QED) is 0.735. The zero-order chi connectivity index (χ0) is 20.8. The van der Waals surface area contributed by atoms with Gasteiger partial charge in [0.05, 0.1) is 13.2 Å². The van der Waals surface area contributed by atoms with E-state index in [1.165, 1.54) is 5.56 Å². The Morgan fingerprint density at radius 1 is 1.14 bits per heavy atom. The van der Waals surface area contributed by atoms with Gasteiger partial charge in [0.25, 0.3) is 5.91 Å². The lowest BCUT2D eigenvalue weighted by atomic mass is 10.0. The van der Waals surface area contributed by atoms with E-state index in [4.69, 9.17) is 4.74 Å². The molecule has 6 heteroatoms. The molecule has 2 aliphatic heterocycles. The monoisotopic (exact) mass is 401 g/mol. The Balaban J connectivity index is 1.58. The predicted molar refractivity (Wildman–Crippen MR) is 114 cm³/mol. The highest BCUT2D eigenvalue weighted by molar-refractivity contribution is 5.94. The van der Waals surface area contributed by atoms with E-state index >= 15 is 0 Å². The van der Waals surface area contributed by atoms with E-state index in [2.05, 4.69) is 11.8 Å². The lowest BCUT2D eigenvalue weighted by Crippen LogP contribution is -2.51. The Morgan fingerprint density at radius 3 is 2.59 bits per heavy atom. The molecule has 1 aromatic carbocycles. The minimum absolute atomic E-state index is 0.0784. The zero-order valence-electron chi connectivity index (χ0n) is 18.2. The number of benzene rings is 1. The van der Waals surface area contributed by atoms with Crippen LogP contribution < -0.4 is 0 Å². The number of hydrogen-bond donors (Lipinski definition) is 0. The first-order valence-electron chi connectivity index (χ1n) is 10.9. The van der Waals surface area contributed by atoms with Gasteiger partial charge in [0, 0.05) is 57.8 Å². The van der Waals surface area contributed by atoms with Crippen LogP contribution in [0.2, 0.25) is 0 Å². The maximum Gasteiger partial charge on any atom is 0.253 e. The Bertz CT molecular complexity index is 715. The molecule has 1 atom stereocenters. The van der Waals surface area contributed by atoms with Gasteiger partial charge in [-0.15, -0.1) is 0 Å². The normalized spacial score (nSPS) is 20.5. The molecule has 0 N–H and O–H groups in total. The minimum atomic E-state index is 0.0784. The van der Waals surface area contributed by atoms with Crippen molar-refractivity contribution in [3.8, 4) is 0 Å². The average Bonchev–Trinajstić information content (AvgIpc) is 2.73. The number of likely N-dealkylation sites (tertiary alicyclic amines) is 1. The maximum absolute atomic E-state index is 13.0. The van der Waals surface area contributed by atoms with Gasteiger partial charge in [0.15, 0.2) is 0 Å². The number of aryl methyl sites for hydroxylation is 2. The molecule has 2 saturated heterocycles. The van der Waals surface area contributed by atoms with Crippen molar-refractivity contribution in [3.05, 3.63) is 34.9 Å². The van der Waals surface area contributed by atoms with E-state index in [1.54, 1.807) is 6.92 Å². The second kappa shape index (κ2) is 10.2. The van der Waals surface area contributed by atoms with Gasteiger partial charge in [-0.1, -0.05) is 6.07 Å². The summed E-state index contributed by atoms with van der Waals surface area (Å²) in [7, 11) is 0. The highest BCUT2D eigenvalue weighted by Crippen LogP contribution is 2.20. The van der Waals surface area contributed by atoms with Gasteiger partial charge in [-0.05, 0) is 56.4 Å². The maximum atomic E-state index is 13.0. The molecule has 6 nitrogen and oxygen atoms in total. The van der Waals surface area contributed by atoms with Gasteiger partial charge in [0.2, 0.25) is 5.91 Å². The number of ether oxygens (including phenoxy) is 1. The second-order valence-electron chi connectivity index (χ2n) is 8.37. The van der Waals surface area contributed by atoms with Crippen molar-refractivity contribution >= 4 is 11.8 Å². The summed E-state index contributed by atoms with van der Waals surface area (Å²) >= 11 is 0. The van der Waals surface area contributed by atoms with E-state index in [0.29, 0.717) is 6.54 Å². The van der Waals surface area contributed by atoms with Gasteiger partial charge >= 0.3 is 0 Å². The molecular formula is C23H35N3O3. The Morgan fingerprint density at radius 2 is 1.90 bits per heavy atom. The molecule has 2 heterocycles. The number of piperidine rings is 1. The van der Waals surface area contributed by atoms with Crippen LogP contribution in [0.15, 0.2) is 18.2 Å². The standard InChI is InChI=1S/C23H35N3O3/c1-18-7-8-21(16-19(18)2)23(28)25-10-4-6-22(17-25)26(20(3)27)11-5-9-24-12-14-29-15-13-24/h7-8,16,22H,4-6,9-15,17H2,1-3H3. The van der Waals surface area contributed by atoms with Gasteiger partial charge in [0.1, 0.15) is 0 Å². The van der Waals surface area contributed by atoms with Crippen LogP contribution in [0, 0.1) is 13.8 Å². The lowest BCUT2D eigenvalue weighted by molar-refractivity contribution is -0.132. The zero-order valence-corrected chi connectivity index (χ0v) is 18.2. The van der Waals surface area contributed by atoms with Crippen molar-refractivity contribution in [2.45, 2.75) is 46.1 Å². The van der Waals surface area contributed by atoms with Gasteiger partial charge in [-0.3, -0.25) is 14.5 Å². The van der Waals surface area contributed by atoms with Crippen LogP contribution in [0.4, 0.5) is 0 Å². The van der Waals surface area contributed by atoms with E-state index in [0.717, 1.165) is 76.3 Å². The number of rotatable bonds is 6. The smallest absolute Gasteiger partial charge is 0.253 e. The molecule has 0 radical (unpaired) electrons. The molecular weight excluding hydrogens is 366 g/mol. The fourth-order valence-corrected chi connectivity index (χ4v) is 4.34. The fraction of sp³-hybridized carbons (Fsp3) is 0.652.